The fraction of sp³-hybridized carbons (Fsp3) is 0.222. The Morgan fingerprint density at radius 2 is 1.96 bits per heavy atom. The van der Waals surface area contributed by atoms with Crippen molar-refractivity contribution < 1.29 is 14.7 Å². The van der Waals surface area contributed by atoms with E-state index in [0.717, 1.165) is 11.1 Å². The molecule has 0 saturated carbocycles. The number of hydrogen-bond acceptors (Lipinski definition) is 2. The summed E-state index contributed by atoms with van der Waals surface area (Å²) in [4.78, 5) is 25.4. The lowest BCUT2D eigenvalue weighted by Crippen LogP contribution is -2.41. The lowest BCUT2D eigenvalue weighted by molar-refractivity contribution is -0.137. The summed E-state index contributed by atoms with van der Waals surface area (Å²) in [5.41, 5.74) is 2.32. The summed E-state index contributed by atoms with van der Waals surface area (Å²) in [7, 11) is 0. The number of amides is 1. The van der Waals surface area contributed by atoms with Crippen LogP contribution in [0.5, 0.6) is 0 Å². The minimum Gasteiger partial charge on any atom is -0.481 e. The van der Waals surface area contributed by atoms with Crippen molar-refractivity contribution >= 4 is 35.1 Å². The van der Waals surface area contributed by atoms with Crippen LogP contribution in [0.2, 0.25) is 10.0 Å². The smallest absolute Gasteiger partial charge is 0.305 e. The van der Waals surface area contributed by atoms with Gasteiger partial charge in [0, 0.05) is 22.2 Å². The zero-order valence-electron chi connectivity index (χ0n) is 12.7. The van der Waals surface area contributed by atoms with Gasteiger partial charge in [0.15, 0.2) is 0 Å². The molecule has 124 valence electrons. The number of nitrogens with zero attached hydrogens (tertiary/aromatic N) is 1. The predicted octanol–water partition coefficient (Wildman–Crippen LogP) is 4.21. The Labute approximate surface area is 149 Å². The number of carboxylic acids is 1. The van der Waals surface area contributed by atoms with Crippen molar-refractivity contribution in [3.8, 4) is 0 Å². The topological polar surface area (TPSA) is 57.6 Å². The normalized spacial score (nSPS) is 16.8. The highest BCUT2D eigenvalue weighted by Crippen LogP contribution is 2.37. The van der Waals surface area contributed by atoms with Crippen LogP contribution in [0.3, 0.4) is 0 Å². The van der Waals surface area contributed by atoms with Gasteiger partial charge in [-0.2, -0.15) is 0 Å². The first kappa shape index (κ1) is 16.8. The van der Waals surface area contributed by atoms with E-state index < -0.39 is 5.97 Å². The van der Waals surface area contributed by atoms with Gasteiger partial charge in [-0.1, -0.05) is 47.5 Å². The first-order valence-electron chi connectivity index (χ1n) is 7.53. The molecule has 0 aromatic heterocycles. The summed E-state index contributed by atoms with van der Waals surface area (Å²) in [6.45, 7) is 0.131. The Morgan fingerprint density at radius 1 is 1.21 bits per heavy atom. The highest BCUT2D eigenvalue weighted by molar-refractivity contribution is 6.35. The SMILES string of the molecule is O=C(O)CCN1C(=O)c2ccccc2CC1c1ccc(Cl)cc1Cl. The van der Waals surface area contributed by atoms with Crippen molar-refractivity contribution in [1.29, 1.82) is 0 Å². The van der Waals surface area contributed by atoms with Gasteiger partial charge in [-0.3, -0.25) is 9.59 Å². The first-order chi connectivity index (χ1) is 11.5. The number of fused-ring (bicyclic) bond motifs is 1. The fourth-order valence-electron chi connectivity index (χ4n) is 3.04. The third-order valence-electron chi connectivity index (χ3n) is 4.19. The number of aliphatic carboxylic acids is 1. The summed E-state index contributed by atoms with van der Waals surface area (Å²) in [6, 6.07) is 12.2. The number of halogens is 2. The molecule has 1 amide bonds. The molecule has 6 heteroatoms. The predicted molar refractivity (Wildman–Crippen MR) is 92.6 cm³/mol. The van der Waals surface area contributed by atoms with Crippen LogP contribution < -0.4 is 0 Å². The van der Waals surface area contributed by atoms with Crippen molar-refractivity contribution in [3.05, 3.63) is 69.2 Å². The van der Waals surface area contributed by atoms with Crippen LogP contribution in [0, 0.1) is 0 Å². The van der Waals surface area contributed by atoms with E-state index in [2.05, 4.69) is 0 Å². The Balaban J connectivity index is 2.03. The van der Waals surface area contributed by atoms with Crippen LogP contribution in [0.1, 0.15) is 33.9 Å². The maximum absolute atomic E-state index is 12.9. The Kier molecular flexibility index (Phi) is 4.78. The van der Waals surface area contributed by atoms with E-state index in [1.807, 2.05) is 18.2 Å². The molecule has 1 atom stereocenters. The van der Waals surface area contributed by atoms with Crippen LogP contribution >= 0.6 is 23.2 Å². The van der Waals surface area contributed by atoms with E-state index >= 15 is 0 Å². The molecule has 2 aromatic rings. The number of carbonyl (C=O) groups is 2. The van der Waals surface area contributed by atoms with Crippen LogP contribution in [-0.4, -0.2) is 28.4 Å². The Bertz CT molecular complexity index is 807. The summed E-state index contributed by atoms with van der Waals surface area (Å²) in [6.07, 6.45) is 0.471. The van der Waals surface area contributed by atoms with Crippen LogP contribution in [0.25, 0.3) is 0 Å². The Hall–Kier alpha value is -2.04. The van der Waals surface area contributed by atoms with E-state index in [1.54, 1.807) is 29.2 Å². The molecule has 0 saturated heterocycles. The minimum absolute atomic E-state index is 0.115. The lowest BCUT2D eigenvalue weighted by atomic mass is 9.89. The molecule has 4 nitrogen and oxygen atoms in total. The van der Waals surface area contributed by atoms with Crippen LogP contribution in [0.15, 0.2) is 42.5 Å². The molecular weight excluding hydrogens is 349 g/mol. The maximum atomic E-state index is 12.9. The fourth-order valence-corrected chi connectivity index (χ4v) is 3.58. The minimum atomic E-state index is -0.942. The summed E-state index contributed by atoms with van der Waals surface area (Å²) < 4.78 is 0. The van der Waals surface area contributed by atoms with Gasteiger partial charge >= 0.3 is 5.97 Å². The van der Waals surface area contributed by atoms with Crippen molar-refractivity contribution in [2.45, 2.75) is 18.9 Å². The van der Waals surface area contributed by atoms with E-state index in [4.69, 9.17) is 28.3 Å². The third-order valence-corrected chi connectivity index (χ3v) is 4.75. The molecule has 3 rings (SSSR count). The monoisotopic (exact) mass is 363 g/mol. The van der Waals surface area contributed by atoms with Gasteiger partial charge in [-0.15, -0.1) is 0 Å². The largest absolute Gasteiger partial charge is 0.481 e. The lowest BCUT2D eigenvalue weighted by Gasteiger charge is -2.37. The maximum Gasteiger partial charge on any atom is 0.305 e. The van der Waals surface area contributed by atoms with Gasteiger partial charge in [0.2, 0.25) is 0 Å². The van der Waals surface area contributed by atoms with Crippen molar-refractivity contribution in [3.63, 3.8) is 0 Å². The number of hydrogen-bond donors (Lipinski definition) is 1. The first-order valence-corrected chi connectivity index (χ1v) is 8.28. The molecule has 0 bridgehead atoms. The van der Waals surface area contributed by atoms with E-state index in [-0.39, 0.29) is 24.9 Å². The Morgan fingerprint density at radius 3 is 2.67 bits per heavy atom. The van der Waals surface area contributed by atoms with Gasteiger partial charge in [-0.25, -0.2) is 0 Å². The summed E-state index contributed by atoms with van der Waals surface area (Å²) >= 11 is 12.3. The molecule has 2 aromatic carbocycles. The second-order valence-electron chi connectivity index (χ2n) is 5.69. The number of carboxylic acid groups (broad SMARTS) is 1. The second kappa shape index (κ2) is 6.83. The van der Waals surface area contributed by atoms with Gasteiger partial charge in [0.1, 0.15) is 0 Å². The summed E-state index contributed by atoms with van der Waals surface area (Å²) in [5, 5.41) is 9.98. The molecular formula is C18H15Cl2NO3. The quantitative estimate of drug-likeness (QED) is 0.884. The molecule has 0 fully saturated rings. The zero-order chi connectivity index (χ0) is 17.3. The highest BCUT2D eigenvalue weighted by atomic mass is 35.5. The average molecular weight is 364 g/mol. The summed E-state index contributed by atoms with van der Waals surface area (Å²) in [5.74, 6) is -1.11. The van der Waals surface area contributed by atoms with Crippen molar-refractivity contribution in [1.82, 2.24) is 4.90 Å². The number of carbonyl (C=O) groups excluding carboxylic acids is 1. The highest BCUT2D eigenvalue weighted by Gasteiger charge is 2.34. The van der Waals surface area contributed by atoms with Gasteiger partial charge in [0.25, 0.3) is 5.91 Å². The van der Waals surface area contributed by atoms with Crippen LogP contribution in [-0.2, 0) is 11.2 Å². The molecule has 1 N–H and O–H groups in total. The molecule has 1 heterocycles. The molecule has 24 heavy (non-hydrogen) atoms. The van der Waals surface area contributed by atoms with Crippen molar-refractivity contribution in [2.75, 3.05) is 6.54 Å². The van der Waals surface area contributed by atoms with E-state index in [9.17, 15) is 9.59 Å². The average Bonchev–Trinajstić information content (AvgIpc) is 2.54. The molecule has 0 aliphatic carbocycles. The number of rotatable bonds is 4. The standard InChI is InChI=1S/C18H15Cl2NO3/c19-12-5-6-14(15(20)10-12)16-9-11-3-1-2-4-13(11)18(24)21(16)8-7-17(22)23/h1-6,10,16H,7-9H2,(H,22,23). The van der Waals surface area contributed by atoms with Crippen LogP contribution in [0.4, 0.5) is 0 Å². The molecule has 0 spiro atoms. The second-order valence-corrected chi connectivity index (χ2v) is 6.53. The zero-order valence-corrected chi connectivity index (χ0v) is 14.2. The van der Waals surface area contributed by atoms with Gasteiger partial charge in [-0.05, 0) is 35.7 Å². The third kappa shape index (κ3) is 3.25. The van der Waals surface area contributed by atoms with Crippen molar-refractivity contribution in [2.24, 2.45) is 0 Å². The number of benzene rings is 2. The molecule has 0 radical (unpaired) electrons. The molecule has 1 aliphatic heterocycles. The van der Waals surface area contributed by atoms with Gasteiger partial charge in [0.05, 0.1) is 12.5 Å². The van der Waals surface area contributed by atoms with E-state index in [0.29, 0.717) is 22.0 Å². The molecule has 1 aliphatic rings. The van der Waals surface area contributed by atoms with E-state index in [1.165, 1.54) is 0 Å². The van der Waals surface area contributed by atoms with Gasteiger partial charge < -0.3 is 10.0 Å². The molecule has 1 unspecified atom stereocenters.